The van der Waals surface area contributed by atoms with Gasteiger partial charge in [0, 0.05) is 17.0 Å². The van der Waals surface area contributed by atoms with Crippen LogP contribution in [0.5, 0.6) is 5.75 Å². The molecule has 2 rings (SSSR count). The molecule has 0 saturated carbocycles. The number of likely N-dealkylation sites (N-methyl/N-ethyl adjacent to an activating group) is 1. The third kappa shape index (κ3) is 3.84. The molecule has 22 heavy (non-hydrogen) atoms. The fourth-order valence-electron chi connectivity index (χ4n) is 2.12. The maximum Gasteiger partial charge on any atom is 0.251 e. The van der Waals surface area contributed by atoms with E-state index in [0.717, 1.165) is 0 Å². The molecule has 1 heterocycles. The van der Waals surface area contributed by atoms with Gasteiger partial charge in [0.1, 0.15) is 0 Å². The summed E-state index contributed by atoms with van der Waals surface area (Å²) in [6.45, 7) is 0.458. The summed E-state index contributed by atoms with van der Waals surface area (Å²) in [4.78, 5) is 15.4. The van der Waals surface area contributed by atoms with Gasteiger partial charge in [-0.2, -0.15) is 0 Å². The zero-order valence-electron chi connectivity index (χ0n) is 12.8. The number of nitrogens with one attached hydrogen (secondary N) is 1. The number of thiophene rings is 1. The van der Waals surface area contributed by atoms with Crippen LogP contribution in [-0.2, 0) is 0 Å². The van der Waals surface area contributed by atoms with E-state index >= 15 is 0 Å². The summed E-state index contributed by atoms with van der Waals surface area (Å²) in [6, 6.07) is 8.29. The van der Waals surface area contributed by atoms with Crippen LogP contribution in [0.2, 0.25) is 0 Å². The Morgan fingerprint density at radius 2 is 2.18 bits per heavy atom. The van der Waals surface area contributed by atoms with Crippen molar-refractivity contribution in [3.8, 4) is 5.75 Å². The fraction of sp³-hybridized carbons (Fsp3) is 0.312. The molecule has 0 aliphatic carbocycles. The summed E-state index contributed by atoms with van der Waals surface area (Å²) in [5.41, 5.74) is 0.280. The maximum atomic E-state index is 13.6. The molecular weight excluding hydrogens is 303 g/mol. The molecule has 0 bridgehead atoms. The van der Waals surface area contributed by atoms with Gasteiger partial charge in [-0.3, -0.25) is 4.79 Å². The van der Waals surface area contributed by atoms with Crippen LogP contribution in [0.25, 0.3) is 0 Å². The third-order valence-electron chi connectivity index (χ3n) is 3.36. The van der Waals surface area contributed by atoms with Crippen LogP contribution in [0.15, 0.2) is 35.7 Å². The lowest BCUT2D eigenvalue weighted by molar-refractivity contribution is 0.0941. The van der Waals surface area contributed by atoms with Gasteiger partial charge in [-0.25, -0.2) is 4.39 Å². The van der Waals surface area contributed by atoms with Crippen LogP contribution >= 0.6 is 11.3 Å². The number of methoxy groups -OCH3 is 1. The van der Waals surface area contributed by atoms with Gasteiger partial charge >= 0.3 is 0 Å². The number of ether oxygens (including phenoxy) is 1. The molecule has 1 aromatic heterocycles. The lowest BCUT2D eigenvalue weighted by atomic mass is 10.1. The van der Waals surface area contributed by atoms with Crippen molar-refractivity contribution < 1.29 is 13.9 Å². The first-order valence-corrected chi connectivity index (χ1v) is 7.72. The Bertz CT molecular complexity index is 629. The van der Waals surface area contributed by atoms with Crippen LogP contribution in [0.1, 0.15) is 21.3 Å². The molecule has 1 N–H and O–H groups in total. The minimum absolute atomic E-state index is 0.0899. The van der Waals surface area contributed by atoms with Gasteiger partial charge < -0.3 is 15.0 Å². The molecule has 0 unspecified atom stereocenters. The normalized spacial score (nSPS) is 12.2. The average Bonchev–Trinajstić information content (AvgIpc) is 3.00. The Morgan fingerprint density at radius 1 is 1.41 bits per heavy atom. The molecular formula is C16H19FN2O2S. The van der Waals surface area contributed by atoms with E-state index in [1.54, 1.807) is 17.4 Å². The Balaban J connectivity index is 2.04. The summed E-state index contributed by atoms with van der Waals surface area (Å²) in [6.07, 6.45) is 0. The number of carbonyl (C=O) groups is 1. The Morgan fingerprint density at radius 3 is 2.73 bits per heavy atom. The van der Waals surface area contributed by atoms with Crippen LogP contribution in [0.3, 0.4) is 0 Å². The highest BCUT2D eigenvalue weighted by Gasteiger charge is 2.17. The van der Waals surface area contributed by atoms with Crippen molar-refractivity contribution >= 4 is 17.2 Å². The standard InChI is InChI=1S/C16H19FN2O2S/c1-19(2)13(15-5-4-8-22-15)10-18-16(20)11-6-7-14(21-3)12(17)9-11/h4-9,13H,10H2,1-3H3,(H,18,20)/t13-/m0/s1. The molecule has 1 amide bonds. The second-order valence-corrected chi connectivity index (χ2v) is 6.03. The van der Waals surface area contributed by atoms with Gasteiger partial charge in [0.15, 0.2) is 11.6 Å². The topological polar surface area (TPSA) is 41.6 Å². The third-order valence-corrected chi connectivity index (χ3v) is 4.34. The van der Waals surface area contributed by atoms with E-state index in [9.17, 15) is 9.18 Å². The zero-order chi connectivity index (χ0) is 16.1. The van der Waals surface area contributed by atoms with Crippen molar-refractivity contribution in [2.45, 2.75) is 6.04 Å². The van der Waals surface area contributed by atoms with Gasteiger partial charge in [0.05, 0.1) is 13.2 Å². The number of halogens is 1. The van der Waals surface area contributed by atoms with E-state index in [1.165, 1.54) is 24.1 Å². The Hall–Kier alpha value is -1.92. The lowest BCUT2D eigenvalue weighted by Gasteiger charge is -2.23. The van der Waals surface area contributed by atoms with Crippen LogP contribution in [-0.4, -0.2) is 38.6 Å². The van der Waals surface area contributed by atoms with Gasteiger partial charge in [-0.1, -0.05) is 6.07 Å². The van der Waals surface area contributed by atoms with Crippen molar-refractivity contribution in [3.63, 3.8) is 0 Å². The molecule has 0 saturated heterocycles. The Kier molecular flexibility index (Phi) is 5.51. The number of hydrogen-bond acceptors (Lipinski definition) is 4. The maximum absolute atomic E-state index is 13.6. The van der Waals surface area contributed by atoms with Crippen LogP contribution in [0.4, 0.5) is 4.39 Å². The van der Waals surface area contributed by atoms with E-state index in [1.807, 2.05) is 36.5 Å². The molecule has 1 atom stereocenters. The minimum atomic E-state index is -0.544. The largest absolute Gasteiger partial charge is 0.494 e. The molecule has 0 aliphatic rings. The van der Waals surface area contributed by atoms with E-state index in [-0.39, 0.29) is 23.3 Å². The second-order valence-electron chi connectivity index (χ2n) is 5.05. The Labute approximate surface area is 133 Å². The van der Waals surface area contributed by atoms with Crippen molar-refractivity contribution in [2.24, 2.45) is 0 Å². The fourth-order valence-corrected chi connectivity index (χ4v) is 3.04. The molecule has 6 heteroatoms. The van der Waals surface area contributed by atoms with Crippen molar-refractivity contribution in [2.75, 3.05) is 27.7 Å². The number of carbonyl (C=O) groups excluding carboxylic acids is 1. The lowest BCUT2D eigenvalue weighted by Crippen LogP contribution is -2.34. The van der Waals surface area contributed by atoms with E-state index in [0.29, 0.717) is 6.54 Å². The summed E-state index contributed by atoms with van der Waals surface area (Å²) in [7, 11) is 5.31. The van der Waals surface area contributed by atoms with Crippen molar-refractivity contribution in [1.29, 1.82) is 0 Å². The number of benzene rings is 1. The molecule has 1 aromatic carbocycles. The minimum Gasteiger partial charge on any atom is -0.494 e. The van der Waals surface area contributed by atoms with Gasteiger partial charge in [0.2, 0.25) is 0 Å². The van der Waals surface area contributed by atoms with Gasteiger partial charge in [-0.15, -0.1) is 11.3 Å². The van der Waals surface area contributed by atoms with Gasteiger partial charge in [-0.05, 0) is 43.7 Å². The zero-order valence-corrected chi connectivity index (χ0v) is 13.6. The molecule has 0 spiro atoms. The molecule has 0 fully saturated rings. The van der Waals surface area contributed by atoms with Crippen LogP contribution in [0, 0.1) is 5.82 Å². The molecule has 118 valence electrons. The predicted octanol–water partition coefficient (Wildman–Crippen LogP) is 2.93. The summed E-state index contributed by atoms with van der Waals surface area (Å²) in [5.74, 6) is -0.719. The van der Waals surface area contributed by atoms with E-state index < -0.39 is 5.82 Å². The first-order valence-electron chi connectivity index (χ1n) is 6.84. The van der Waals surface area contributed by atoms with Crippen molar-refractivity contribution in [3.05, 3.63) is 52.0 Å². The quantitative estimate of drug-likeness (QED) is 0.889. The predicted molar refractivity (Wildman–Crippen MR) is 86.0 cm³/mol. The summed E-state index contributed by atoms with van der Waals surface area (Å²) in [5, 5.41) is 4.86. The number of amides is 1. The first-order chi connectivity index (χ1) is 10.5. The smallest absolute Gasteiger partial charge is 0.251 e. The monoisotopic (exact) mass is 322 g/mol. The second kappa shape index (κ2) is 7.38. The van der Waals surface area contributed by atoms with Gasteiger partial charge in [0.25, 0.3) is 5.91 Å². The van der Waals surface area contributed by atoms with E-state index in [2.05, 4.69) is 5.32 Å². The average molecular weight is 322 g/mol. The highest BCUT2D eigenvalue weighted by Crippen LogP contribution is 2.22. The number of nitrogens with zero attached hydrogens (tertiary/aromatic N) is 1. The van der Waals surface area contributed by atoms with E-state index in [4.69, 9.17) is 4.74 Å². The number of rotatable bonds is 6. The highest BCUT2D eigenvalue weighted by molar-refractivity contribution is 7.10. The summed E-state index contributed by atoms with van der Waals surface area (Å²) >= 11 is 1.64. The molecule has 4 nitrogen and oxygen atoms in total. The molecule has 0 radical (unpaired) electrons. The van der Waals surface area contributed by atoms with Crippen molar-refractivity contribution in [1.82, 2.24) is 10.2 Å². The number of hydrogen-bond donors (Lipinski definition) is 1. The SMILES string of the molecule is COc1ccc(C(=O)NC[C@@H](c2cccs2)N(C)C)cc1F. The highest BCUT2D eigenvalue weighted by atomic mass is 32.1. The molecule has 0 aliphatic heterocycles. The molecule has 2 aromatic rings. The first kappa shape index (κ1) is 16.5. The summed E-state index contributed by atoms with van der Waals surface area (Å²) < 4.78 is 18.5. The van der Waals surface area contributed by atoms with Crippen LogP contribution < -0.4 is 10.1 Å².